The molecule has 4 rings (SSSR count). The third-order valence-corrected chi connectivity index (χ3v) is 5.17. The summed E-state index contributed by atoms with van der Waals surface area (Å²) in [5.41, 5.74) is 7.41. The molecule has 0 aromatic heterocycles. The molecule has 2 heterocycles. The molecule has 7 nitrogen and oxygen atoms in total. The van der Waals surface area contributed by atoms with Gasteiger partial charge in [0.15, 0.2) is 0 Å². The van der Waals surface area contributed by atoms with Gasteiger partial charge in [0, 0.05) is 31.4 Å². The molecule has 30 heavy (non-hydrogen) atoms. The van der Waals surface area contributed by atoms with Crippen molar-refractivity contribution < 1.29 is 9.47 Å². The van der Waals surface area contributed by atoms with Crippen LogP contribution in [0.15, 0.2) is 71.5 Å². The van der Waals surface area contributed by atoms with Crippen molar-refractivity contribution in [2.45, 2.75) is 12.2 Å². The Morgan fingerprint density at radius 1 is 1.10 bits per heavy atom. The minimum absolute atomic E-state index is 0.718. The average molecular weight is 408 g/mol. The molecule has 2 aromatic rings. The molecular formula is C23H29N5O2. The number of hydrogen-bond donors (Lipinski definition) is 3. The molecule has 1 fully saturated rings. The molecule has 1 saturated heterocycles. The van der Waals surface area contributed by atoms with Crippen LogP contribution in [-0.4, -0.2) is 50.5 Å². The molecule has 0 spiro atoms. The number of morpholine rings is 1. The van der Waals surface area contributed by atoms with Gasteiger partial charge in [-0.2, -0.15) is 0 Å². The number of para-hydroxylation sites is 1. The summed E-state index contributed by atoms with van der Waals surface area (Å²) in [5, 5.41) is 6.75. The molecule has 2 aliphatic rings. The van der Waals surface area contributed by atoms with E-state index < -0.39 is 5.79 Å². The number of benzene rings is 2. The maximum Gasteiger partial charge on any atom is 0.210 e. The molecule has 2 aromatic carbocycles. The number of nitrogens with one attached hydrogen (secondary N) is 2. The SMILES string of the molecule is NC1(c2cccc(Oc3ccccc3)c2)N=CC=C(NCCCN2CCOCC2)N1. The van der Waals surface area contributed by atoms with Gasteiger partial charge >= 0.3 is 0 Å². The Balaban J connectivity index is 1.32. The van der Waals surface area contributed by atoms with Crippen LogP contribution in [-0.2, 0) is 10.5 Å². The minimum Gasteiger partial charge on any atom is -0.457 e. The van der Waals surface area contributed by atoms with Crippen molar-refractivity contribution in [1.29, 1.82) is 0 Å². The first-order valence-electron chi connectivity index (χ1n) is 10.4. The lowest BCUT2D eigenvalue weighted by Gasteiger charge is -2.32. The fourth-order valence-electron chi connectivity index (χ4n) is 3.53. The predicted molar refractivity (Wildman–Crippen MR) is 118 cm³/mol. The molecule has 0 amide bonds. The van der Waals surface area contributed by atoms with Gasteiger partial charge in [-0.25, -0.2) is 4.99 Å². The monoisotopic (exact) mass is 407 g/mol. The summed E-state index contributed by atoms with van der Waals surface area (Å²) in [6.07, 6.45) is 4.70. The van der Waals surface area contributed by atoms with Gasteiger partial charge in [-0.3, -0.25) is 10.6 Å². The Bertz CT molecular complexity index is 880. The van der Waals surface area contributed by atoms with E-state index in [1.807, 2.05) is 60.7 Å². The van der Waals surface area contributed by atoms with Crippen LogP contribution in [0.2, 0.25) is 0 Å². The zero-order chi connectivity index (χ0) is 20.7. The van der Waals surface area contributed by atoms with Crippen LogP contribution >= 0.6 is 0 Å². The Labute approximate surface area is 177 Å². The van der Waals surface area contributed by atoms with E-state index in [0.717, 1.165) is 68.7 Å². The Hall–Kier alpha value is -2.87. The highest BCUT2D eigenvalue weighted by Crippen LogP contribution is 2.27. The van der Waals surface area contributed by atoms with E-state index in [1.54, 1.807) is 6.21 Å². The van der Waals surface area contributed by atoms with Gasteiger partial charge in [-0.05, 0) is 43.3 Å². The molecule has 0 saturated carbocycles. The summed E-state index contributed by atoms with van der Waals surface area (Å²) in [7, 11) is 0. The van der Waals surface area contributed by atoms with Crippen LogP contribution in [0.5, 0.6) is 11.5 Å². The maximum absolute atomic E-state index is 6.59. The molecule has 4 N–H and O–H groups in total. The van der Waals surface area contributed by atoms with Gasteiger partial charge in [0.05, 0.1) is 13.2 Å². The van der Waals surface area contributed by atoms with Crippen molar-refractivity contribution in [3.63, 3.8) is 0 Å². The number of rotatable bonds is 8. The third-order valence-electron chi connectivity index (χ3n) is 5.17. The number of nitrogens with two attached hydrogens (primary N) is 1. The zero-order valence-electron chi connectivity index (χ0n) is 17.1. The molecule has 7 heteroatoms. The second-order valence-corrected chi connectivity index (χ2v) is 7.43. The second kappa shape index (κ2) is 9.75. The summed E-state index contributed by atoms with van der Waals surface area (Å²) < 4.78 is 11.3. The average Bonchev–Trinajstić information content (AvgIpc) is 2.79. The van der Waals surface area contributed by atoms with Crippen molar-refractivity contribution >= 4 is 6.21 Å². The lowest BCUT2D eigenvalue weighted by atomic mass is 10.1. The number of aliphatic imine (C=N–C) groups is 1. The van der Waals surface area contributed by atoms with Crippen molar-refractivity contribution in [2.24, 2.45) is 10.7 Å². The summed E-state index contributed by atoms with van der Waals surface area (Å²) >= 11 is 0. The van der Waals surface area contributed by atoms with Crippen molar-refractivity contribution in [2.75, 3.05) is 39.4 Å². The molecule has 2 aliphatic heterocycles. The summed E-state index contributed by atoms with van der Waals surface area (Å²) in [6, 6.07) is 17.4. The van der Waals surface area contributed by atoms with Gasteiger partial charge in [0.25, 0.3) is 0 Å². The fourth-order valence-corrected chi connectivity index (χ4v) is 3.53. The molecule has 0 aliphatic carbocycles. The van der Waals surface area contributed by atoms with E-state index in [2.05, 4.69) is 20.5 Å². The molecule has 158 valence electrons. The highest BCUT2D eigenvalue weighted by Gasteiger charge is 2.29. The summed E-state index contributed by atoms with van der Waals surface area (Å²) in [4.78, 5) is 6.91. The standard InChI is InChI=1S/C23H29N5O2/c24-23(19-6-4-9-21(18-19)30-20-7-2-1-3-8-20)26-12-10-22(27-23)25-11-5-13-28-14-16-29-17-15-28/h1-4,6-10,12,18,25,27H,5,11,13-17,24H2. The topological polar surface area (TPSA) is 84.1 Å². The van der Waals surface area contributed by atoms with Gasteiger partial charge < -0.3 is 20.1 Å². The molecule has 0 radical (unpaired) electrons. The van der Waals surface area contributed by atoms with Gasteiger partial charge in [0.1, 0.15) is 17.3 Å². The quantitative estimate of drug-likeness (QED) is 0.583. The summed E-state index contributed by atoms with van der Waals surface area (Å²) in [5.74, 6) is 1.32. The minimum atomic E-state index is -1.04. The van der Waals surface area contributed by atoms with Crippen LogP contribution in [0.25, 0.3) is 0 Å². The first kappa shape index (κ1) is 20.4. The molecular weight excluding hydrogens is 378 g/mol. The maximum atomic E-state index is 6.59. The molecule has 0 bridgehead atoms. The number of allylic oxidation sites excluding steroid dienone is 1. The normalized spacial score (nSPS) is 21.6. The first-order chi connectivity index (χ1) is 14.7. The van der Waals surface area contributed by atoms with E-state index in [-0.39, 0.29) is 0 Å². The Morgan fingerprint density at radius 2 is 1.90 bits per heavy atom. The Morgan fingerprint density at radius 3 is 2.73 bits per heavy atom. The van der Waals surface area contributed by atoms with Gasteiger partial charge in [0.2, 0.25) is 5.79 Å². The van der Waals surface area contributed by atoms with Gasteiger partial charge in [-0.15, -0.1) is 0 Å². The lowest BCUT2D eigenvalue weighted by molar-refractivity contribution is 0.0375. The van der Waals surface area contributed by atoms with Crippen LogP contribution in [0.4, 0.5) is 0 Å². The number of ether oxygens (including phenoxy) is 2. The Kier molecular flexibility index (Phi) is 6.63. The summed E-state index contributed by atoms with van der Waals surface area (Å²) in [6.45, 7) is 5.61. The highest BCUT2D eigenvalue weighted by molar-refractivity contribution is 5.73. The molecule has 1 unspecified atom stereocenters. The van der Waals surface area contributed by atoms with E-state index >= 15 is 0 Å². The predicted octanol–water partition coefficient (Wildman–Crippen LogP) is 2.38. The van der Waals surface area contributed by atoms with E-state index in [4.69, 9.17) is 15.2 Å². The van der Waals surface area contributed by atoms with Crippen LogP contribution in [0, 0.1) is 0 Å². The fraction of sp³-hybridized carbons (Fsp3) is 0.348. The third kappa shape index (κ3) is 5.38. The zero-order valence-corrected chi connectivity index (χ0v) is 17.1. The van der Waals surface area contributed by atoms with Crippen molar-refractivity contribution in [1.82, 2.24) is 15.5 Å². The first-order valence-corrected chi connectivity index (χ1v) is 10.4. The smallest absolute Gasteiger partial charge is 0.210 e. The lowest BCUT2D eigenvalue weighted by Crippen LogP contribution is -2.52. The van der Waals surface area contributed by atoms with Crippen molar-refractivity contribution in [3.05, 3.63) is 72.1 Å². The second-order valence-electron chi connectivity index (χ2n) is 7.43. The van der Waals surface area contributed by atoms with Crippen LogP contribution in [0.1, 0.15) is 12.0 Å². The number of nitrogens with zero attached hydrogens (tertiary/aromatic N) is 2. The van der Waals surface area contributed by atoms with E-state index in [0.29, 0.717) is 0 Å². The highest BCUT2D eigenvalue weighted by atomic mass is 16.5. The van der Waals surface area contributed by atoms with Gasteiger partial charge in [-0.1, -0.05) is 30.3 Å². The molecule has 1 atom stereocenters. The van der Waals surface area contributed by atoms with Crippen LogP contribution in [0.3, 0.4) is 0 Å². The largest absolute Gasteiger partial charge is 0.457 e. The van der Waals surface area contributed by atoms with Crippen LogP contribution < -0.4 is 21.1 Å². The van der Waals surface area contributed by atoms with E-state index in [9.17, 15) is 0 Å². The number of hydrogen-bond acceptors (Lipinski definition) is 7. The van der Waals surface area contributed by atoms with E-state index in [1.165, 1.54) is 0 Å². The van der Waals surface area contributed by atoms with Crippen molar-refractivity contribution in [3.8, 4) is 11.5 Å².